The fourth-order valence-corrected chi connectivity index (χ4v) is 3.07. The van der Waals surface area contributed by atoms with Crippen LogP contribution in [0.5, 0.6) is 0 Å². The second kappa shape index (κ2) is 5.29. The number of nitrogens with one attached hydrogen (secondary N) is 2. The van der Waals surface area contributed by atoms with Crippen LogP contribution in [0.15, 0.2) is 4.99 Å². The molecule has 3 N–H and O–H groups in total. The Morgan fingerprint density at radius 3 is 2.74 bits per heavy atom. The molecule has 5 nitrogen and oxygen atoms in total. The summed E-state index contributed by atoms with van der Waals surface area (Å²) < 4.78 is 0. The summed E-state index contributed by atoms with van der Waals surface area (Å²) in [6, 6.07) is 1.36. The van der Waals surface area contributed by atoms with Gasteiger partial charge in [-0.2, -0.15) is 0 Å². The van der Waals surface area contributed by atoms with E-state index >= 15 is 0 Å². The first kappa shape index (κ1) is 13.2. The van der Waals surface area contributed by atoms with E-state index in [0.717, 1.165) is 37.8 Å². The summed E-state index contributed by atoms with van der Waals surface area (Å²) in [7, 11) is 1.80. The number of likely N-dealkylation sites (tertiary alicyclic amines) is 1. The smallest absolute Gasteiger partial charge is 0.191 e. The van der Waals surface area contributed by atoms with Crippen LogP contribution in [0.25, 0.3) is 0 Å². The molecule has 0 radical (unpaired) electrons. The van der Waals surface area contributed by atoms with Gasteiger partial charge in [-0.15, -0.1) is 0 Å². The summed E-state index contributed by atoms with van der Waals surface area (Å²) in [5.74, 6) is 0.836. The predicted molar refractivity (Wildman–Crippen MR) is 76.3 cm³/mol. The Bertz CT molecular complexity index is 349. The first-order valence-electron chi connectivity index (χ1n) is 7.62. The van der Waals surface area contributed by atoms with Gasteiger partial charge in [0.2, 0.25) is 0 Å². The second-order valence-corrected chi connectivity index (χ2v) is 6.36. The fourth-order valence-electron chi connectivity index (χ4n) is 3.07. The van der Waals surface area contributed by atoms with Crippen molar-refractivity contribution < 1.29 is 5.11 Å². The maximum atomic E-state index is 10.1. The Morgan fingerprint density at radius 2 is 2.16 bits per heavy atom. The molecule has 19 heavy (non-hydrogen) atoms. The van der Waals surface area contributed by atoms with E-state index in [4.69, 9.17) is 0 Å². The largest absolute Gasteiger partial charge is 0.388 e. The molecule has 1 aliphatic heterocycles. The van der Waals surface area contributed by atoms with Crippen molar-refractivity contribution in [1.82, 2.24) is 15.5 Å². The Hall–Kier alpha value is -0.810. The lowest BCUT2D eigenvalue weighted by Crippen LogP contribution is -2.52. The lowest BCUT2D eigenvalue weighted by molar-refractivity contribution is -0.0279. The summed E-state index contributed by atoms with van der Waals surface area (Å²) in [6.45, 7) is 2.96. The molecule has 0 spiro atoms. The minimum absolute atomic E-state index is 0.493. The van der Waals surface area contributed by atoms with E-state index < -0.39 is 5.60 Å². The normalized spacial score (nSPS) is 31.1. The summed E-state index contributed by atoms with van der Waals surface area (Å²) in [6.07, 6.45) is 6.93. The average Bonchev–Trinajstić information content (AvgIpc) is 3.13. The molecule has 1 unspecified atom stereocenters. The van der Waals surface area contributed by atoms with Crippen LogP contribution in [0.3, 0.4) is 0 Å². The van der Waals surface area contributed by atoms with E-state index in [-0.39, 0.29) is 0 Å². The molecule has 0 amide bonds. The van der Waals surface area contributed by atoms with Crippen LogP contribution < -0.4 is 10.6 Å². The summed E-state index contributed by atoms with van der Waals surface area (Å²) in [5.41, 5.74) is -0.493. The van der Waals surface area contributed by atoms with Gasteiger partial charge in [-0.05, 0) is 38.5 Å². The molecule has 1 atom stereocenters. The quantitative estimate of drug-likeness (QED) is 0.506. The van der Waals surface area contributed by atoms with Crippen LogP contribution in [0.2, 0.25) is 0 Å². The number of hydrogen-bond donors (Lipinski definition) is 3. The van der Waals surface area contributed by atoms with Crippen molar-refractivity contribution in [2.24, 2.45) is 4.99 Å². The van der Waals surface area contributed by atoms with Crippen LogP contribution in [-0.2, 0) is 0 Å². The van der Waals surface area contributed by atoms with Gasteiger partial charge >= 0.3 is 0 Å². The molecular formula is C14H26N4O. The van der Waals surface area contributed by atoms with Crippen molar-refractivity contribution in [3.63, 3.8) is 0 Å². The van der Waals surface area contributed by atoms with Gasteiger partial charge in [0, 0.05) is 38.8 Å². The number of aliphatic hydroxyl groups is 1. The van der Waals surface area contributed by atoms with Crippen molar-refractivity contribution in [3.05, 3.63) is 0 Å². The number of rotatable bonds is 4. The van der Waals surface area contributed by atoms with Crippen molar-refractivity contribution in [2.75, 3.05) is 26.7 Å². The predicted octanol–water partition coefficient (Wildman–Crippen LogP) is 0.303. The van der Waals surface area contributed by atoms with E-state index in [0.29, 0.717) is 12.6 Å². The summed E-state index contributed by atoms with van der Waals surface area (Å²) in [5, 5.41) is 16.8. The number of nitrogens with zero attached hydrogens (tertiary/aromatic N) is 2. The molecule has 1 heterocycles. The lowest BCUT2D eigenvalue weighted by Gasteiger charge is -2.37. The fraction of sp³-hybridized carbons (Fsp3) is 0.929. The van der Waals surface area contributed by atoms with Crippen LogP contribution >= 0.6 is 0 Å². The number of hydrogen-bond acceptors (Lipinski definition) is 3. The van der Waals surface area contributed by atoms with Crippen molar-refractivity contribution in [2.45, 2.75) is 56.2 Å². The maximum absolute atomic E-state index is 10.1. The van der Waals surface area contributed by atoms with Gasteiger partial charge in [-0.25, -0.2) is 0 Å². The van der Waals surface area contributed by atoms with Crippen molar-refractivity contribution in [1.29, 1.82) is 0 Å². The third-order valence-corrected chi connectivity index (χ3v) is 4.72. The molecule has 0 aromatic carbocycles. The Balaban J connectivity index is 1.42. The maximum Gasteiger partial charge on any atom is 0.191 e. The molecule has 108 valence electrons. The molecular weight excluding hydrogens is 240 g/mol. The molecule has 3 fully saturated rings. The Morgan fingerprint density at radius 1 is 1.37 bits per heavy atom. The van der Waals surface area contributed by atoms with E-state index in [1.807, 2.05) is 0 Å². The highest BCUT2D eigenvalue weighted by molar-refractivity contribution is 5.80. The molecule has 3 aliphatic rings. The molecule has 2 aliphatic carbocycles. The highest BCUT2D eigenvalue weighted by Crippen LogP contribution is 2.31. The molecule has 3 rings (SSSR count). The van der Waals surface area contributed by atoms with Crippen molar-refractivity contribution in [3.8, 4) is 0 Å². The van der Waals surface area contributed by atoms with Crippen LogP contribution in [0.4, 0.5) is 0 Å². The second-order valence-electron chi connectivity index (χ2n) is 6.36. The van der Waals surface area contributed by atoms with E-state index in [2.05, 4.69) is 20.5 Å². The zero-order valence-corrected chi connectivity index (χ0v) is 11.9. The third-order valence-electron chi connectivity index (χ3n) is 4.72. The topological polar surface area (TPSA) is 59.9 Å². The van der Waals surface area contributed by atoms with Gasteiger partial charge in [-0.1, -0.05) is 0 Å². The highest BCUT2D eigenvalue weighted by Gasteiger charge is 2.36. The molecule has 0 aromatic heterocycles. The van der Waals surface area contributed by atoms with E-state index in [9.17, 15) is 5.11 Å². The Kier molecular flexibility index (Phi) is 3.67. The number of guanidine groups is 1. The zero-order valence-electron chi connectivity index (χ0n) is 11.9. The van der Waals surface area contributed by atoms with Gasteiger partial charge in [-0.3, -0.25) is 9.89 Å². The first-order valence-corrected chi connectivity index (χ1v) is 7.62. The molecule has 5 heteroatoms. The van der Waals surface area contributed by atoms with Gasteiger partial charge in [0.15, 0.2) is 5.96 Å². The minimum Gasteiger partial charge on any atom is -0.388 e. The van der Waals surface area contributed by atoms with E-state index in [1.165, 1.54) is 25.8 Å². The first-order chi connectivity index (χ1) is 9.18. The lowest BCUT2D eigenvalue weighted by atomic mass is 9.80. The van der Waals surface area contributed by atoms with Gasteiger partial charge in [0.25, 0.3) is 0 Å². The molecule has 0 aromatic rings. The van der Waals surface area contributed by atoms with Gasteiger partial charge < -0.3 is 15.7 Å². The standard InChI is InChI=1S/C14H26N4O/c1-15-13(16-10-14(19)6-2-7-14)17-11-5-8-18(9-11)12-3-4-12/h11-12,19H,2-10H2,1H3,(H2,15,16,17). The minimum atomic E-state index is -0.493. The monoisotopic (exact) mass is 266 g/mol. The molecule has 1 saturated heterocycles. The number of aliphatic imine (C=N–C) groups is 1. The zero-order chi connectivity index (χ0) is 13.3. The molecule has 0 bridgehead atoms. The highest BCUT2D eigenvalue weighted by atomic mass is 16.3. The SMILES string of the molecule is CN=C(NCC1(O)CCC1)NC1CCN(C2CC2)C1. The Labute approximate surface area is 115 Å². The van der Waals surface area contributed by atoms with Crippen LogP contribution in [0, 0.1) is 0 Å². The van der Waals surface area contributed by atoms with Gasteiger partial charge in [0.05, 0.1) is 5.60 Å². The van der Waals surface area contributed by atoms with Gasteiger partial charge in [0.1, 0.15) is 0 Å². The molecule has 2 saturated carbocycles. The average molecular weight is 266 g/mol. The van der Waals surface area contributed by atoms with E-state index in [1.54, 1.807) is 7.05 Å². The summed E-state index contributed by atoms with van der Waals surface area (Å²) >= 11 is 0. The van der Waals surface area contributed by atoms with Crippen molar-refractivity contribution >= 4 is 5.96 Å². The van der Waals surface area contributed by atoms with Crippen LogP contribution in [0.1, 0.15) is 38.5 Å². The summed E-state index contributed by atoms with van der Waals surface area (Å²) in [4.78, 5) is 6.85. The third kappa shape index (κ3) is 3.20. The van der Waals surface area contributed by atoms with Crippen LogP contribution in [-0.4, -0.2) is 60.3 Å².